The highest BCUT2D eigenvalue weighted by atomic mass is 16.4. The topological polar surface area (TPSA) is 37.3 Å². The van der Waals surface area contributed by atoms with Crippen molar-refractivity contribution in [1.29, 1.82) is 0 Å². The van der Waals surface area contributed by atoms with Crippen molar-refractivity contribution >= 4 is 5.97 Å². The second kappa shape index (κ2) is 3.39. The maximum absolute atomic E-state index is 10.6. The van der Waals surface area contributed by atoms with E-state index in [4.69, 9.17) is 5.11 Å². The number of benzene rings is 1. The van der Waals surface area contributed by atoms with E-state index in [-0.39, 0.29) is 0 Å². The lowest BCUT2D eigenvalue weighted by Crippen LogP contribution is -2.07. The molecule has 0 aromatic heterocycles. The van der Waals surface area contributed by atoms with E-state index in [9.17, 15) is 4.79 Å². The highest BCUT2D eigenvalue weighted by Gasteiger charge is 2.12. The minimum Gasteiger partial charge on any atom is -0.481 e. The molecule has 1 rings (SSSR count). The van der Waals surface area contributed by atoms with E-state index in [2.05, 4.69) is 0 Å². The maximum Gasteiger partial charge on any atom is 0.310 e. The molecule has 0 spiro atoms. The molecule has 1 aromatic carbocycles. The van der Waals surface area contributed by atoms with Crippen molar-refractivity contribution in [3.8, 4) is 0 Å². The Morgan fingerprint density at radius 1 is 1.50 bits per heavy atom. The van der Waals surface area contributed by atoms with Crippen LogP contribution in [-0.4, -0.2) is 11.1 Å². The third kappa shape index (κ3) is 1.84. The van der Waals surface area contributed by atoms with Gasteiger partial charge < -0.3 is 5.11 Å². The molecule has 2 nitrogen and oxygen atoms in total. The molecule has 0 amide bonds. The van der Waals surface area contributed by atoms with Crippen LogP contribution in [0.5, 0.6) is 0 Å². The van der Waals surface area contributed by atoms with Crippen LogP contribution in [0.2, 0.25) is 0 Å². The Labute approximate surface area is 71.8 Å². The minimum atomic E-state index is -0.777. The van der Waals surface area contributed by atoms with Crippen LogP contribution in [0.4, 0.5) is 0 Å². The predicted molar refractivity (Wildman–Crippen MR) is 47.2 cm³/mol. The molecule has 0 heterocycles. The fourth-order valence-corrected chi connectivity index (χ4v) is 1.08. The Morgan fingerprint density at radius 3 is 2.67 bits per heavy atom. The van der Waals surface area contributed by atoms with Gasteiger partial charge in [0.1, 0.15) is 0 Å². The smallest absolute Gasteiger partial charge is 0.310 e. The third-order valence-corrected chi connectivity index (χ3v) is 1.91. The average Bonchev–Trinajstić information content (AvgIpc) is 2.03. The summed E-state index contributed by atoms with van der Waals surface area (Å²) in [5.41, 5.74) is 1.96. The Bertz CT molecular complexity index is 292. The van der Waals surface area contributed by atoms with Crippen molar-refractivity contribution in [3.63, 3.8) is 0 Å². The molecule has 0 aliphatic carbocycles. The van der Waals surface area contributed by atoms with E-state index in [0.717, 1.165) is 11.1 Å². The van der Waals surface area contributed by atoms with Crippen LogP contribution in [-0.2, 0) is 4.79 Å². The Balaban J connectivity index is 2.95. The van der Waals surface area contributed by atoms with Gasteiger partial charge in [-0.1, -0.05) is 29.8 Å². The van der Waals surface area contributed by atoms with Crippen molar-refractivity contribution in [2.24, 2.45) is 0 Å². The molecule has 0 unspecified atom stereocenters. The highest BCUT2D eigenvalue weighted by molar-refractivity contribution is 5.75. The van der Waals surface area contributed by atoms with E-state index in [0.29, 0.717) is 0 Å². The zero-order chi connectivity index (χ0) is 9.14. The molecule has 0 saturated heterocycles. The van der Waals surface area contributed by atoms with E-state index in [1.54, 1.807) is 6.92 Å². The quantitative estimate of drug-likeness (QED) is 0.727. The average molecular weight is 164 g/mol. The fourth-order valence-electron chi connectivity index (χ4n) is 1.08. The van der Waals surface area contributed by atoms with E-state index in [1.165, 1.54) is 0 Å². The monoisotopic (exact) mass is 164 g/mol. The van der Waals surface area contributed by atoms with Crippen LogP contribution in [0.15, 0.2) is 24.3 Å². The molecule has 64 valence electrons. The first-order valence-electron chi connectivity index (χ1n) is 3.90. The summed E-state index contributed by atoms with van der Waals surface area (Å²) >= 11 is 0. The van der Waals surface area contributed by atoms with Gasteiger partial charge in [0, 0.05) is 0 Å². The standard InChI is InChI=1S/C10H12O2/c1-7-4-3-5-9(6-7)8(2)10(11)12/h3-6,8H,1-2H3,(H,11,12)/t8-/m0/s1. The van der Waals surface area contributed by atoms with E-state index in [1.807, 2.05) is 31.2 Å². The van der Waals surface area contributed by atoms with Crippen LogP contribution in [0.3, 0.4) is 0 Å². The van der Waals surface area contributed by atoms with Crippen molar-refractivity contribution < 1.29 is 9.90 Å². The van der Waals surface area contributed by atoms with Crippen molar-refractivity contribution in [1.82, 2.24) is 0 Å². The molecule has 0 aliphatic rings. The SMILES string of the molecule is Cc1cccc([C@H](C)C(=O)O)c1. The number of carboxylic acids is 1. The number of carbonyl (C=O) groups is 1. The molecule has 2 heteroatoms. The van der Waals surface area contributed by atoms with Crippen molar-refractivity contribution in [2.45, 2.75) is 19.8 Å². The Morgan fingerprint density at radius 2 is 2.17 bits per heavy atom. The van der Waals surface area contributed by atoms with Gasteiger partial charge in [0.05, 0.1) is 5.92 Å². The predicted octanol–water partition coefficient (Wildman–Crippen LogP) is 2.18. The summed E-state index contributed by atoms with van der Waals surface area (Å²) in [6, 6.07) is 7.58. The number of hydrogen-bond donors (Lipinski definition) is 1. The number of aryl methyl sites for hydroxylation is 1. The Hall–Kier alpha value is -1.31. The lowest BCUT2D eigenvalue weighted by atomic mass is 10.00. The molecule has 1 aromatic rings. The summed E-state index contributed by atoms with van der Waals surface area (Å²) in [6.07, 6.45) is 0. The first kappa shape index (κ1) is 8.78. The fraction of sp³-hybridized carbons (Fsp3) is 0.300. The van der Waals surface area contributed by atoms with Gasteiger partial charge in [-0.25, -0.2) is 0 Å². The molecule has 1 atom stereocenters. The largest absolute Gasteiger partial charge is 0.481 e. The summed E-state index contributed by atoms with van der Waals surface area (Å²) in [5, 5.41) is 8.73. The lowest BCUT2D eigenvalue weighted by molar-refractivity contribution is -0.138. The van der Waals surface area contributed by atoms with Crippen LogP contribution in [0.25, 0.3) is 0 Å². The molecule has 0 saturated carbocycles. The van der Waals surface area contributed by atoms with Gasteiger partial charge in [0.15, 0.2) is 0 Å². The molecule has 0 fully saturated rings. The Kier molecular flexibility index (Phi) is 2.48. The number of aliphatic carboxylic acids is 1. The summed E-state index contributed by atoms with van der Waals surface area (Å²) in [4.78, 5) is 10.6. The summed E-state index contributed by atoms with van der Waals surface area (Å²) < 4.78 is 0. The molecule has 0 bridgehead atoms. The number of rotatable bonds is 2. The van der Waals surface area contributed by atoms with Gasteiger partial charge in [-0.2, -0.15) is 0 Å². The van der Waals surface area contributed by atoms with Gasteiger partial charge in [0.25, 0.3) is 0 Å². The van der Waals surface area contributed by atoms with Crippen molar-refractivity contribution in [3.05, 3.63) is 35.4 Å². The summed E-state index contributed by atoms with van der Waals surface area (Å²) in [6.45, 7) is 3.65. The first-order valence-corrected chi connectivity index (χ1v) is 3.90. The van der Waals surface area contributed by atoms with Gasteiger partial charge in [-0.3, -0.25) is 4.79 Å². The van der Waals surface area contributed by atoms with Crippen LogP contribution in [0, 0.1) is 6.92 Å². The van der Waals surface area contributed by atoms with Crippen molar-refractivity contribution in [2.75, 3.05) is 0 Å². The normalized spacial score (nSPS) is 12.5. The summed E-state index contributed by atoms with van der Waals surface area (Å²) in [5.74, 6) is -1.19. The second-order valence-corrected chi connectivity index (χ2v) is 2.97. The molecule has 0 aliphatic heterocycles. The van der Waals surface area contributed by atoms with Gasteiger partial charge >= 0.3 is 5.97 Å². The van der Waals surface area contributed by atoms with Gasteiger partial charge in [-0.15, -0.1) is 0 Å². The van der Waals surface area contributed by atoms with Gasteiger partial charge in [-0.05, 0) is 19.4 Å². The van der Waals surface area contributed by atoms with Gasteiger partial charge in [0.2, 0.25) is 0 Å². The molecule has 1 N–H and O–H groups in total. The van der Waals surface area contributed by atoms with E-state index >= 15 is 0 Å². The van der Waals surface area contributed by atoms with Crippen LogP contribution >= 0.6 is 0 Å². The molecule has 12 heavy (non-hydrogen) atoms. The van der Waals surface area contributed by atoms with E-state index < -0.39 is 11.9 Å². The highest BCUT2D eigenvalue weighted by Crippen LogP contribution is 2.15. The third-order valence-electron chi connectivity index (χ3n) is 1.91. The second-order valence-electron chi connectivity index (χ2n) is 2.97. The zero-order valence-electron chi connectivity index (χ0n) is 7.24. The number of carboxylic acid groups (broad SMARTS) is 1. The van der Waals surface area contributed by atoms with Crippen LogP contribution < -0.4 is 0 Å². The summed E-state index contributed by atoms with van der Waals surface area (Å²) in [7, 11) is 0. The maximum atomic E-state index is 10.6. The lowest BCUT2D eigenvalue weighted by Gasteiger charge is -2.06. The molecule has 0 radical (unpaired) electrons. The number of hydrogen-bond acceptors (Lipinski definition) is 1. The van der Waals surface area contributed by atoms with Crippen LogP contribution in [0.1, 0.15) is 24.0 Å². The minimum absolute atomic E-state index is 0.412. The zero-order valence-corrected chi connectivity index (χ0v) is 7.24. The first-order chi connectivity index (χ1) is 5.61. The molecular formula is C10H12O2. The molecular weight excluding hydrogens is 152 g/mol.